The van der Waals surface area contributed by atoms with Gasteiger partial charge in [-0.25, -0.2) is 0 Å². The Hall–Kier alpha value is -1.58. The highest BCUT2D eigenvalue weighted by Gasteiger charge is 2.09. The van der Waals surface area contributed by atoms with Crippen LogP contribution in [0.15, 0.2) is 59.2 Å². The lowest BCUT2D eigenvalue weighted by atomic mass is 10.1. The van der Waals surface area contributed by atoms with E-state index in [4.69, 9.17) is 11.6 Å². The molecular formula is C16H11BrClNO. The molecular weight excluding hydrogens is 338 g/mol. The largest absolute Gasteiger partial charge is 0.340 e. The van der Waals surface area contributed by atoms with Gasteiger partial charge in [0.25, 0.3) is 0 Å². The molecule has 20 heavy (non-hydrogen) atoms. The Balaban J connectivity index is 1.89. The van der Waals surface area contributed by atoms with Crippen LogP contribution in [0, 0.1) is 0 Å². The van der Waals surface area contributed by atoms with E-state index < -0.39 is 0 Å². The maximum atomic E-state index is 12.3. The summed E-state index contributed by atoms with van der Waals surface area (Å²) in [5, 5.41) is 1.75. The molecule has 3 aromatic rings. The first-order valence-corrected chi connectivity index (χ1v) is 7.34. The zero-order valence-corrected chi connectivity index (χ0v) is 12.9. The molecule has 0 unspecified atom stereocenters. The van der Waals surface area contributed by atoms with Gasteiger partial charge in [0.2, 0.25) is 0 Å². The molecule has 2 aromatic carbocycles. The number of aromatic nitrogens is 1. The highest BCUT2D eigenvalue weighted by molar-refractivity contribution is 9.10. The van der Waals surface area contributed by atoms with Gasteiger partial charge in [-0.1, -0.05) is 39.7 Å². The molecule has 0 aliphatic carbocycles. The number of hydrogen-bond donors (Lipinski definition) is 0. The highest BCUT2D eigenvalue weighted by Crippen LogP contribution is 2.21. The van der Waals surface area contributed by atoms with Crippen molar-refractivity contribution >= 4 is 44.2 Å². The molecule has 4 heteroatoms. The predicted octanol–water partition coefficient (Wildman–Crippen LogP) is 4.94. The van der Waals surface area contributed by atoms with E-state index in [1.807, 2.05) is 59.3 Å². The Morgan fingerprint density at radius 3 is 2.60 bits per heavy atom. The summed E-state index contributed by atoms with van der Waals surface area (Å²) >= 11 is 9.33. The Labute approximate surface area is 130 Å². The lowest BCUT2D eigenvalue weighted by molar-refractivity contribution is 0.0973. The molecule has 0 atom stereocenters. The van der Waals surface area contributed by atoms with Crippen LogP contribution >= 0.6 is 27.5 Å². The first-order chi connectivity index (χ1) is 9.63. The summed E-state index contributed by atoms with van der Waals surface area (Å²) in [6, 6.07) is 15.1. The summed E-state index contributed by atoms with van der Waals surface area (Å²) in [5.41, 5.74) is 1.73. The fourth-order valence-corrected chi connectivity index (χ4v) is 2.64. The number of carbonyl (C=O) groups is 1. The first-order valence-electron chi connectivity index (χ1n) is 6.17. The van der Waals surface area contributed by atoms with Crippen LogP contribution in [0.5, 0.6) is 0 Å². The number of ketones is 1. The van der Waals surface area contributed by atoms with Crippen LogP contribution in [0.25, 0.3) is 10.9 Å². The lowest BCUT2D eigenvalue weighted by Gasteiger charge is -2.05. The van der Waals surface area contributed by atoms with Crippen molar-refractivity contribution in [2.45, 2.75) is 6.54 Å². The molecule has 0 fully saturated rings. The zero-order chi connectivity index (χ0) is 14.1. The molecule has 0 N–H and O–H groups in total. The number of rotatable bonds is 3. The average Bonchev–Trinajstić information content (AvgIpc) is 2.81. The number of benzene rings is 2. The third kappa shape index (κ3) is 2.65. The van der Waals surface area contributed by atoms with Crippen LogP contribution in [0.2, 0.25) is 5.02 Å². The van der Waals surface area contributed by atoms with E-state index in [2.05, 4.69) is 15.9 Å². The second kappa shape index (κ2) is 5.43. The lowest BCUT2D eigenvalue weighted by Crippen LogP contribution is -2.09. The van der Waals surface area contributed by atoms with Crippen LogP contribution < -0.4 is 0 Å². The van der Waals surface area contributed by atoms with Crippen molar-refractivity contribution < 1.29 is 4.79 Å². The molecule has 1 aromatic heterocycles. The molecule has 0 aliphatic heterocycles. The summed E-state index contributed by atoms with van der Waals surface area (Å²) in [7, 11) is 0. The van der Waals surface area contributed by atoms with Crippen LogP contribution in [0.3, 0.4) is 0 Å². The summed E-state index contributed by atoms with van der Waals surface area (Å²) < 4.78 is 2.91. The van der Waals surface area contributed by atoms with Crippen molar-refractivity contribution in [3.8, 4) is 0 Å². The second-order valence-corrected chi connectivity index (χ2v) is 5.93. The number of fused-ring (bicyclic) bond motifs is 1. The SMILES string of the molecule is O=C(Cn1ccc2cc(Cl)ccc21)c1ccc(Br)cc1. The van der Waals surface area contributed by atoms with Gasteiger partial charge in [-0.15, -0.1) is 0 Å². The Morgan fingerprint density at radius 2 is 1.85 bits per heavy atom. The van der Waals surface area contributed by atoms with Crippen LogP contribution in [-0.2, 0) is 6.54 Å². The van der Waals surface area contributed by atoms with E-state index in [0.717, 1.165) is 15.4 Å². The summed E-state index contributed by atoms with van der Waals surface area (Å²) in [4.78, 5) is 12.3. The van der Waals surface area contributed by atoms with E-state index in [9.17, 15) is 4.79 Å². The minimum Gasteiger partial charge on any atom is -0.340 e. The van der Waals surface area contributed by atoms with Crippen LogP contribution in [-0.4, -0.2) is 10.4 Å². The standard InChI is InChI=1S/C16H11BrClNO/c17-13-3-1-11(2-4-13)16(20)10-19-8-7-12-9-14(18)5-6-15(12)19/h1-9H,10H2. The minimum atomic E-state index is 0.0879. The highest BCUT2D eigenvalue weighted by atomic mass is 79.9. The van der Waals surface area contributed by atoms with Gasteiger partial charge in [-0.2, -0.15) is 0 Å². The third-order valence-electron chi connectivity index (χ3n) is 3.21. The quantitative estimate of drug-likeness (QED) is 0.614. The Bertz CT molecular complexity index is 777. The monoisotopic (exact) mass is 347 g/mol. The van der Waals surface area contributed by atoms with E-state index >= 15 is 0 Å². The molecule has 0 aliphatic rings. The fraction of sp³-hybridized carbons (Fsp3) is 0.0625. The summed E-state index contributed by atoms with van der Waals surface area (Å²) in [6.07, 6.45) is 1.91. The number of carbonyl (C=O) groups excluding carboxylic acids is 1. The van der Waals surface area contributed by atoms with Crippen molar-refractivity contribution in [1.29, 1.82) is 0 Å². The molecule has 0 saturated carbocycles. The number of halogens is 2. The average molecular weight is 349 g/mol. The summed E-state index contributed by atoms with van der Waals surface area (Å²) in [5.74, 6) is 0.0879. The van der Waals surface area contributed by atoms with Gasteiger partial charge in [-0.05, 0) is 36.4 Å². The molecule has 2 nitrogen and oxygen atoms in total. The minimum absolute atomic E-state index is 0.0879. The van der Waals surface area contributed by atoms with Gasteiger partial charge in [0.05, 0.1) is 6.54 Å². The number of hydrogen-bond acceptors (Lipinski definition) is 1. The first kappa shape index (κ1) is 13.4. The number of Topliss-reactive ketones (excluding diaryl/α,β-unsaturated/α-hetero) is 1. The van der Waals surface area contributed by atoms with Gasteiger partial charge >= 0.3 is 0 Å². The zero-order valence-electron chi connectivity index (χ0n) is 10.5. The fourth-order valence-electron chi connectivity index (χ4n) is 2.19. The van der Waals surface area contributed by atoms with Gasteiger partial charge in [0.15, 0.2) is 5.78 Å². The topological polar surface area (TPSA) is 22.0 Å². The maximum absolute atomic E-state index is 12.3. The molecule has 100 valence electrons. The van der Waals surface area contributed by atoms with Gasteiger partial charge in [-0.3, -0.25) is 4.79 Å². The van der Waals surface area contributed by atoms with Gasteiger partial charge in [0.1, 0.15) is 0 Å². The second-order valence-electron chi connectivity index (χ2n) is 4.58. The summed E-state index contributed by atoms with van der Waals surface area (Å²) in [6.45, 7) is 0.326. The van der Waals surface area contributed by atoms with Crippen molar-refractivity contribution in [3.63, 3.8) is 0 Å². The van der Waals surface area contributed by atoms with E-state index in [1.54, 1.807) is 0 Å². The van der Waals surface area contributed by atoms with Crippen molar-refractivity contribution in [3.05, 3.63) is 69.8 Å². The maximum Gasteiger partial charge on any atom is 0.182 e. The Kier molecular flexibility index (Phi) is 3.64. The van der Waals surface area contributed by atoms with Crippen molar-refractivity contribution in [2.75, 3.05) is 0 Å². The van der Waals surface area contributed by atoms with Crippen molar-refractivity contribution in [1.82, 2.24) is 4.57 Å². The van der Waals surface area contributed by atoms with Crippen molar-refractivity contribution in [2.24, 2.45) is 0 Å². The molecule has 0 bridgehead atoms. The smallest absolute Gasteiger partial charge is 0.182 e. The van der Waals surface area contributed by atoms with Gasteiger partial charge < -0.3 is 4.57 Å². The van der Waals surface area contributed by atoms with E-state index in [-0.39, 0.29) is 5.78 Å². The van der Waals surface area contributed by atoms with E-state index in [1.165, 1.54) is 0 Å². The van der Waals surface area contributed by atoms with Gasteiger partial charge in [0, 0.05) is 32.2 Å². The normalized spacial score (nSPS) is 10.9. The molecule has 0 saturated heterocycles. The molecule has 1 heterocycles. The molecule has 0 radical (unpaired) electrons. The Morgan fingerprint density at radius 1 is 1.10 bits per heavy atom. The number of nitrogens with zero attached hydrogens (tertiary/aromatic N) is 1. The predicted molar refractivity (Wildman–Crippen MR) is 85.4 cm³/mol. The van der Waals surface area contributed by atoms with Crippen LogP contribution in [0.1, 0.15) is 10.4 Å². The molecule has 0 spiro atoms. The molecule has 0 amide bonds. The third-order valence-corrected chi connectivity index (χ3v) is 3.98. The van der Waals surface area contributed by atoms with Crippen LogP contribution in [0.4, 0.5) is 0 Å². The van der Waals surface area contributed by atoms with E-state index in [0.29, 0.717) is 17.1 Å². The molecule has 3 rings (SSSR count).